The predicted octanol–water partition coefficient (Wildman–Crippen LogP) is 3.48. The van der Waals surface area contributed by atoms with Gasteiger partial charge >= 0.3 is 6.18 Å². The third-order valence-electron chi connectivity index (χ3n) is 4.24. The summed E-state index contributed by atoms with van der Waals surface area (Å²) < 4.78 is 38.2. The summed E-state index contributed by atoms with van der Waals surface area (Å²) in [6.45, 7) is 3.05. The van der Waals surface area contributed by atoms with Crippen LogP contribution in [0.2, 0.25) is 0 Å². The van der Waals surface area contributed by atoms with Gasteiger partial charge in [-0.15, -0.1) is 0 Å². The van der Waals surface area contributed by atoms with Crippen molar-refractivity contribution in [1.29, 1.82) is 0 Å². The van der Waals surface area contributed by atoms with E-state index < -0.39 is 11.7 Å². The molecule has 1 aliphatic heterocycles. The van der Waals surface area contributed by atoms with Crippen LogP contribution < -0.4 is 0 Å². The second kappa shape index (κ2) is 6.79. The van der Waals surface area contributed by atoms with Crippen molar-refractivity contribution >= 4 is 0 Å². The van der Waals surface area contributed by atoms with E-state index in [-0.39, 0.29) is 18.7 Å². The first kappa shape index (κ1) is 16.3. The van der Waals surface area contributed by atoms with Gasteiger partial charge in [0.05, 0.1) is 12.2 Å². The highest BCUT2D eigenvalue weighted by molar-refractivity contribution is 5.26. The Morgan fingerprint density at radius 2 is 2.10 bits per heavy atom. The van der Waals surface area contributed by atoms with Crippen molar-refractivity contribution in [2.75, 3.05) is 13.2 Å². The fraction of sp³-hybridized carbons (Fsp3) is 0.625. The number of hydrogen-bond acceptors (Lipinski definition) is 2. The van der Waals surface area contributed by atoms with Crippen LogP contribution in [-0.2, 0) is 12.6 Å². The van der Waals surface area contributed by atoms with Gasteiger partial charge in [-0.2, -0.15) is 13.2 Å². The molecule has 0 saturated carbocycles. The van der Waals surface area contributed by atoms with Crippen molar-refractivity contribution in [2.45, 2.75) is 50.9 Å². The number of benzene rings is 1. The number of likely N-dealkylation sites (tertiary alicyclic amines) is 1. The lowest BCUT2D eigenvalue weighted by atomic mass is 9.97. The molecule has 0 bridgehead atoms. The quantitative estimate of drug-likeness (QED) is 0.920. The van der Waals surface area contributed by atoms with E-state index in [2.05, 4.69) is 4.90 Å². The second-order valence-corrected chi connectivity index (χ2v) is 5.82. The van der Waals surface area contributed by atoms with Gasteiger partial charge in [0, 0.05) is 12.1 Å². The number of hydrogen-bond donors (Lipinski definition) is 1. The second-order valence-electron chi connectivity index (χ2n) is 5.82. The van der Waals surface area contributed by atoms with Gasteiger partial charge in [-0.3, -0.25) is 4.90 Å². The van der Waals surface area contributed by atoms with Gasteiger partial charge in [0.15, 0.2) is 0 Å². The number of rotatable bonds is 4. The fourth-order valence-electron chi connectivity index (χ4n) is 3.13. The highest BCUT2D eigenvalue weighted by Gasteiger charge is 2.31. The average molecular weight is 301 g/mol. The summed E-state index contributed by atoms with van der Waals surface area (Å²) in [6, 6.07) is 5.80. The number of aliphatic hydroxyl groups excluding tert-OH is 1. The minimum Gasteiger partial charge on any atom is -0.395 e. The molecule has 1 aromatic rings. The van der Waals surface area contributed by atoms with E-state index in [9.17, 15) is 18.3 Å². The third-order valence-corrected chi connectivity index (χ3v) is 4.24. The van der Waals surface area contributed by atoms with Crippen LogP contribution in [0.15, 0.2) is 24.3 Å². The highest BCUT2D eigenvalue weighted by Crippen LogP contribution is 2.30. The summed E-state index contributed by atoms with van der Waals surface area (Å²) >= 11 is 0. The predicted molar refractivity (Wildman–Crippen MR) is 76.0 cm³/mol. The summed E-state index contributed by atoms with van der Waals surface area (Å²) in [7, 11) is 0. The summed E-state index contributed by atoms with van der Waals surface area (Å²) in [5, 5.41) is 9.44. The third kappa shape index (κ3) is 4.20. The molecule has 0 spiro atoms. The van der Waals surface area contributed by atoms with Crippen molar-refractivity contribution in [3.05, 3.63) is 35.4 Å². The lowest BCUT2D eigenvalue weighted by Gasteiger charge is -2.39. The maximum absolute atomic E-state index is 12.7. The zero-order chi connectivity index (χ0) is 15.5. The Balaban J connectivity index is 2.06. The Bertz CT molecular complexity index is 461. The van der Waals surface area contributed by atoms with Gasteiger partial charge < -0.3 is 5.11 Å². The standard InChI is InChI=1S/C16H22F3NO/c1-12(20-8-3-2-7-15(20)11-21)9-13-5-4-6-14(10-13)16(17,18)19/h4-6,10,12,15,21H,2-3,7-9,11H2,1H3. The smallest absolute Gasteiger partial charge is 0.395 e. The fourth-order valence-corrected chi connectivity index (χ4v) is 3.13. The van der Waals surface area contributed by atoms with Gasteiger partial charge in [0.2, 0.25) is 0 Å². The topological polar surface area (TPSA) is 23.5 Å². The first-order chi connectivity index (χ1) is 9.91. The molecule has 1 heterocycles. The Hall–Kier alpha value is -1.07. The molecule has 1 aliphatic rings. The molecule has 0 aliphatic carbocycles. The maximum Gasteiger partial charge on any atom is 0.416 e. The molecule has 5 heteroatoms. The van der Waals surface area contributed by atoms with Gasteiger partial charge in [0.25, 0.3) is 0 Å². The Kier molecular flexibility index (Phi) is 5.27. The van der Waals surface area contributed by atoms with Crippen LogP contribution in [0.1, 0.15) is 37.3 Å². The molecule has 118 valence electrons. The maximum atomic E-state index is 12.7. The van der Waals surface area contributed by atoms with E-state index in [4.69, 9.17) is 0 Å². The number of alkyl halides is 3. The normalized spacial score (nSPS) is 22.2. The minimum absolute atomic E-state index is 0.118. The average Bonchev–Trinajstić information content (AvgIpc) is 2.46. The first-order valence-electron chi connectivity index (χ1n) is 7.44. The molecular weight excluding hydrogens is 279 g/mol. The molecule has 1 saturated heterocycles. The molecule has 2 rings (SSSR count). The molecule has 0 amide bonds. The van der Waals surface area contributed by atoms with Crippen LogP contribution in [0.4, 0.5) is 13.2 Å². The molecule has 2 nitrogen and oxygen atoms in total. The molecule has 2 atom stereocenters. The van der Waals surface area contributed by atoms with Crippen LogP contribution in [0.25, 0.3) is 0 Å². The first-order valence-corrected chi connectivity index (χ1v) is 7.44. The molecular formula is C16H22F3NO. The number of aliphatic hydroxyl groups is 1. The van der Waals surface area contributed by atoms with Crippen molar-refractivity contribution in [3.63, 3.8) is 0 Å². The van der Waals surface area contributed by atoms with Crippen molar-refractivity contribution < 1.29 is 18.3 Å². The summed E-state index contributed by atoms with van der Waals surface area (Å²) in [5.41, 5.74) is 0.101. The number of halogens is 3. The van der Waals surface area contributed by atoms with Crippen LogP contribution in [0.5, 0.6) is 0 Å². The van der Waals surface area contributed by atoms with Gasteiger partial charge in [0.1, 0.15) is 0 Å². The van der Waals surface area contributed by atoms with E-state index in [0.717, 1.165) is 31.9 Å². The Morgan fingerprint density at radius 1 is 1.33 bits per heavy atom. The molecule has 1 fully saturated rings. The van der Waals surface area contributed by atoms with Crippen molar-refractivity contribution in [3.8, 4) is 0 Å². The SMILES string of the molecule is CC(Cc1cccc(C(F)(F)F)c1)N1CCCCC1CO. The van der Waals surface area contributed by atoms with Gasteiger partial charge in [-0.1, -0.05) is 24.6 Å². The van der Waals surface area contributed by atoms with Gasteiger partial charge in [-0.25, -0.2) is 0 Å². The van der Waals surface area contributed by atoms with E-state index in [1.807, 2.05) is 6.92 Å². The van der Waals surface area contributed by atoms with E-state index in [0.29, 0.717) is 12.0 Å². The zero-order valence-corrected chi connectivity index (χ0v) is 12.2. The van der Waals surface area contributed by atoms with Crippen molar-refractivity contribution in [2.24, 2.45) is 0 Å². The summed E-state index contributed by atoms with van der Waals surface area (Å²) in [6.07, 6.45) is -0.566. The number of nitrogens with zero attached hydrogens (tertiary/aromatic N) is 1. The van der Waals surface area contributed by atoms with Gasteiger partial charge in [-0.05, 0) is 44.4 Å². The lowest BCUT2D eigenvalue weighted by molar-refractivity contribution is -0.137. The Labute approximate surface area is 123 Å². The van der Waals surface area contributed by atoms with Crippen LogP contribution >= 0.6 is 0 Å². The molecule has 1 aromatic carbocycles. The van der Waals surface area contributed by atoms with E-state index in [1.165, 1.54) is 12.1 Å². The minimum atomic E-state index is -4.29. The molecule has 0 aromatic heterocycles. The van der Waals surface area contributed by atoms with Crippen molar-refractivity contribution in [1.82, 2.24) is 4.90 Å². The summed E-state index contributed by atoms with van der Waals surface area (Å²) in [4.78, 5) is 2.23. The summed E-state index contributed by atoms with van der Waals surface area (Å²) in [5.74, 6) is 0. The highest BCUT2D eigenvalue weighted by atomic mass is 19.4. The monoisotopic (exact) mass is 301 g/mol. The molecule has 21 heavy (non-hydrogen) atoms. The lowest BCUT2D eigenvalue weighted by Crippen LogP contribution is -2.47. The Morgan fingerprint density at radius 3 is 2.76 bits per heavy atom. The van der Waals surface area contributed by atoms with Crippen LogP contribution in [-0.4, -0.2) is 35.2 Å². The zero-order valence-electron chi connectivity index (χ0n) is 12.2. The molecule has 1 N–H and O–H groups in total. The largest absolute Gasteiger partial charge is 0.416 e. The van der Waals surface area contributed by atoms with E-state index >= 15 is 0 Å². The molecule has 0 radical (unpaired) electrons. The van der Waals surface area contributed by atoms with Crippen LogP contribution in [0, 0.1) is 0 Å². The number of piperidine rings is 1. The molecule has 2 unspecified atom stereocenters. The van der Waals surface area contributed by atoms with Crippen LogP contribution in [0.3, 0.4) is 0 Å². The van der Waals surface area contributed by atoms with E-state index in [1.54, 1.807) is 6.07 Å².